The summed E-state index contributed by atoms with van der Waals surface area (Å²) in [6, 6.07) is 6.49. The van der Waals surface area contributed by atoms with Crippen molar-refractivity contribution in [1.82, 2.24) is 5.32 Å². The van der Waals surface area contributed by atoms with E-state index in [-0.39, 0.29) is 17.2 Å². The van der Waals surface area contributed by atoms with Crippen LogP contribution in [-0.2, 0) is 0 Å². The van der Waals surface area contributed by atoms with Gasteiger partial charge in [-0.15, -0.1) is 13.2 Å². The Hall–Kier alpha value is -1.78. The molecular weight excluding hydrogens is 307 g/mol. The molecule has 1 aromatic carbocycles. The monoisotopic (exact) mass is 327 g/mol. The molecule has 1 aromatic rings. The lowest BCUT2D eigenvalue weighted by Gasteiger charge is -2.30. The fourth-order valence-corrected chi connectivity index (χ4v) is 3.05. The van der Waals surface area contributed by atoms with E-state index in [4.69, 9.17) is 11.0 Å². The Kier molecular flexibility index (Phi) is 5.85. The van der Waals surface area contributed by atoms with Gasteiger partial charge in [-0.1, -0.05) is 6.07 Å². The molecular formula is C16H20F3N3O. The maximum absolute atomic E-state index is 12.6. The van der Waals surface area contributed by atoms with Crippen molar-refractivity contribution in [1.29, 1.82) is 5.26 Å². The van der Waals surface area contributed by atoms with E-state index in [1.165, 1.54) is 12.1 Å². The molecule has 126 valence electrons. The molecule has 0 saturated heterocycles. The summed E-state index contributed by atoms with van der Waals surface area (Å²) in [5.41, 5.74) is 6.14. The van der Waals surface area contributed by atoms with Crippen molar-refractivity contribution in [2.45, 2.75) is 44.0 Å². The van der Waals surface area contributed by atoms with Crippen molar-refractivity contribution in [3.63, 3.8) is 0 Å². The van der Waals surface area contributed by atoms with Gasteiger partial charge in [0.05, 0.1) is 11.6 Å². The number of hydrogen-bond donors (Lipinski definition) is 2. The minimum Gasteiger partial charge on any atom is -0.405 e. The fraction of sp³-hybridized carbons (Fsp3) is 0.562. The van der Waals surface area contributed by atoms with Gasteiger partial charge >= 0.3 is 6.36 Å². The molecule has 1 aliphatic carbocycles. The summed E-state index contributed by atoms with van der Waals surface area (Å²) in [5, 5.41) is 12.2. The number of hydrogen-bond acceptors (Lipinski definition) is 4. The first-order valence-electron chi connectivity index (χ1n) is 7.66. The topological polar surface area (TPSA) is 71.1 Å². The second-order valence-electron chi connectivity index (χ2n) is 5.70. The van der Waals surface area contributed by atoms with Crippen LogP contribution < -0.4 is 15.8 Å². The average molecular weight is 327 g/mol. The number of nitrogens with one attached hydrogen (secondary N) is 1. The van der Waals surface area contributed by atoms with Crippen LogP contribution in [0.5, 0.6) is 5.75 Å². The number of rotatable bonds is 5. The number of nitrogens with zero attached hydrogens (tertiary/aromatic N) is 1. The molecule has 0 amide bonds. The predicted octanol–water partition coefficient (Wildman–Crippen LogP) is 3.03. The number of alkyl halides is 3. The van der Waals surface area contributed by atoms with Crippen LogP contribution in [-0.4, -0.2) is 25.5 Å². The third-order valence-corrected chi connectivity index (χ3v) is 4.11. The lowest BCUT2D eigenvalue weighted by atomic mass is 9.81. The maximum atomic E-state index is 12.6. The van der Waals surface area contributed by atoms with E-state index in [9.17, 15) is 13.2 Å². The Balaban J connectivity index is 2.12. The van der Waals surface area contributed by atoms with Crippen molar-refractivity contribution >= 4 is 0 Å². The van der Waals surface area contributed by atoms with Crippen molar-refractivity contribution in [3.05, 3.63) is 29.3 Å². The van der Waals surface area contributed by atoms with Crippen LogP contribution in [0, 0.1) is 11.3 Å². The van der Waals surface area contributed by atoms with Crippen molar-refractivity contribution in [2.24, 2.45) is 5.73 Å². The highest BCUT2D eigenvalue weighted by Gasteiger charge is 2.34. The molecule has 0 bridgehead atoms. The summed E-state index contributed by atoms with van der Waals surface area (Å²) in [4.78, 5) is 0. The number of nitriles is 1. The second-order valence-corrected chi connectivity index (χ2v) is 5.70. The molecule has 4 nitrogen and oxygen atoms in total. The predicted molar refractivity (Wildman–Crippen MR) is 79.9 cm³/mol. The lowest BCUT2D eigenvalue weighted by molar-refractivity contribution is -0.275. The molecule has 7 heteroatoms. The number of benzene rings is 1. The molecule has 0 radical (unpaired) electrons. The molecule has 0 unspecified atom stereocenters. The second kappa shape index (κ2) is 7.66. The zero-order valence-electron chi connectivity index (χ0n) is 12.7. The van der Waals surface area contributed by atoms with Crippen LogP contribution in [0.15, 0.2) is 18.2 Å². The standard InChI is InChI=1S/C16H20F3N3O/c17-16(18,19)23-15-9-11(10-21)1-6-14(15)12-2-4-13(5-3-12)22-8-7-20/h1,6,9,12-13,22H,2-5,7-8,20H2. The molecule has 3 N–H and O–H groups in total. The molecule has 2 rings (SSSR count). The first kappa shape index (κ1) is 17.6. The highest BCUT2D eigenvalue weighted by atomic mass is 19.4. The van der Waals surface area contributed by atoms with Gasteiger partial charge in [0.2, 0.25) is 0 Å². The van der Waals surface area contributed by atoms with E-state index in [2.05, 4.69) is 10.1 Å². The quantitative estimate of drug-likeness (QED) is 0.872. The molecule has 1 saturated carbocycles. The summed E-state index contributed by atoms with van der Waals surface area (Å²) in [7, 11) is 0. The van der Waals surface area contributed by atoms with Crippen molar-refractivity contribution in [2.75, 3.05) is 13.1 Å². The Bertz CT molecular complexity index is 561. The van der Waals surface area contributed by atoms with Crippen LogP contribution >= 0.6 is 0 Å². The minimum absolute atomic E-state index is 0.0102. The van der Waals surface area contributed by atoms with Gasteiger partial charge in [0.25, 0.3) is 0 Å². The number of nitrogens with two attached hydrogens (primary N) is 1. The summed E-state index contributed by atoms with van der Waals surface area (Å²) in [6.45, 7) is 1.31. The van der Waals surface area contributed by atoms with E-state index < -0.39 is 6.36 Å². The van der Waals surface area contributed by atoms with E-state index in [0.29, 0.717) is 18.2 Å². The van der Waals surface area contributed by atoms with Crippen LogP contribution in [0.2, 0.25) is 0 Å². The van der Waals surface area contributed by atoms with Gasteiger partial charge in [0, 0.05) is 19.1 Å². The Morgan fingerprint density at radius 2 is 1.96 bits per heavy atom. The van der Waals surface area contributed by atoms with Gasteiger partial charge in [-0.25, -0.2) is 0 Å². The average Bonchev–Trinajstić information content (AvgIpc) is 2.52. The first-order valence-corrected chi connectivity index (χ1v) is 7.66. The van der Waals surface area contributed by atoms with Gasteiger partial charge in [0.1, 0.15) is 5.75 Å². The SMILES string of the molecule is N#Cc1ccc(C2CCC(NCCN)CC2)c(OC(F)(F)F)c1. The summed E-state index contributed by atoms with van der Waals surface area (Å²) < 4.78 is 41.9. The third kappa shape index (κ3) is 5.12. The number of ether oxygens (including phenoxy) is 1. The smallest absolute Gasteiger partial charge is 0.405 e. The van der Waals surface area contributed by atoms with E-state index in [1.807, 2.05) is 6.07 Å². The zero-order valence-corrected chi connectivity index (χ0v) is 12.7. The van der Waals surface area contributed by atoms with Crippen molar-refractivity contribution < 1.29 is 17.9 Å². The molecule has 23 heavy (non-hydrogen) atoms. The minimum atomic E-state index is -4.76. The Morgan fingerprint density at radius 3 is 2.52 bits per heavy atom. The molecule has 0 atom stereocenters. The summed E-state index contributed by atoms with van der Waals surface area (Å²) >= 11 is 0. The van der Waals surface area contributed by atoms with Gasteiger partial charge in [0.15, 0.2) is 0 Å². The Labute approximate surface area is 133 Å². The molecule has 0 heterocycles. The molecule has 0 aliphatic heterocycles. The van der Waals surface area contributed by atoms with Gasteiger partial charge in [-0.2, -0.15) is 5.26 Å². The molecule has 0 aromatic heterocycles. The summed E-state index contributed by atoms with van der Waals surface area (Å²) in [6.07, 6.45) is -1.43. The lowest BCUT2D eigenvalue weighted by Crippen LogP contribution is -2.36. The van der Waals surface area contributed by atoms with Gasteiger partial charge in [-0.05, 0) is 49.3 Å². The normalized spacial score (nSPS) is 21.7. The van der Waals surface area contributed by atoms with Gasteiger partial charge in [-0.3, -0.25) is 0 Å². The Morgan fingerprint density at radius 1 is 1.26 bits per heavy atom. The molecule has 0 spiro atoms. The molecule has 1 fully saturated rings. The summed E-state index contributed by atoms with van der Waals surface area (Å²) in [5.74, 6) is -0.245. The number of halogens is 3. The van der Waals surface area contributed by atoms with E-state index in [1.54, 1.807) is 6.07 Å². The first-order chi connectivity index (χ1) is 10.9. The maximum Gasteiger partial charge on any atom is 0.573 e. The largest absolute Gasteiger partial charge is 0.573 e. The molecule has 1 aliphatic rings. The van der Waals surface area contributed by atoms with Crippen molar-refractivity contribution in [3.8, 4) is 11.8 Å². The van der Waals surface area contributed by atoms with Crippen LogP contribution in [0.3, 0.4) is 0 Å². The van der Waals surface area contributed by atoms with Crippen LogP contribution in [0.4, 0.5) is 13.2 Å². The zero-order chi connectivity index (χ0) is 16.9. The third-order valence-electron chi connectivity index (χ3n) is 4.11. The van der Waals surface area contributed by atoms with Gasteiger partial charge < -0.3 is 15.8 Å². The van der Waals surface area contributed by atoms with Crippen LogP contribution in [0.25, 0.3) is 0 Å². The fourth-order valence-electron chi connectivity index (χ4n) is 3.05. The van der Waals surface area contributed by atoms with E-state index >= 15 is 0 Å². The van der Waals surface area contributed by atoms with E-state index in [0.717, 1.165) is 32.2 Å². The van der Waals surface area contributed by atoms with Crippen LogP contribution in [0.1, 0.15) is 42.7 Å². The highest BCUT2D eigenvalue weighted by molar-refractivity contribution is 5.44. The highest BCUT2D eigenvalue weighted by Crippen LogP contribution is 2.39.